The highest BCUT2D eigenvalue weighted by molar-refractivity contribution is 8.00. The fourth-order valence-corrected chi connectivity index (χ4v) is 4.53. The fraction of sp³-hybridized carbons (Fsp3) is 0.348. The van der Waals surface area contributed by atoms with Gasteiger partial charge in [0.2, 0.25) is 5.91 Å². The number of ether oxygens (including phenoxy) is 2. The fourth-order valence-electron chi connectivity index (χ4n) is 3.58. The minimum absolute atomic E-state index is 0.0853. The van der Waals surface area contributed by atoms with Gasteiger partial charge in [-0.2, -0.15) is 13.2 Å². The second kappa shape index (κ2) is 10.1. The number of carbonyl (C=O) groups excluding carboxylic acids is 1. The lowest BCUT2D eigenvalue weighted by Crippen LogP contribution is -2.44. The number of morpholine rings is 1. The summed E-state index contributed by atoms with van der Waals surface area (Å²) < 4.78 is 52.3. The monoisotopic (exact) mass is 492 g/mol. The van der Waals surface area contributed by atoms with Crippen molar-refractivity contribution in [1.82, 2.24) is 19.7 Å². The van der Waals surface area contributed by atoms with Crippen LogP contribution in [0.5, 0.6) is 5.75 Å². The Bertz CT molecular complexity index is 1150. The molecule has 2 aromatic carbocycles. The van der Waals surface area contributed by atoms with Gasteiger partial charge in [0.1, 0.15) is 5.75 Å². The summed E-state index contributed by atoms with van der Waals surface area (Å²) in [6.45, 7) is 3.71. The third-order valence-electron chi connectivity index (χ3n) is 5.37. The maximum atomic E-state index is 13.4. The maximum absolute atomic E-state index is 13.4. The number of nitrogens with zero attached hydrogens (tertiary/aromatic N) is 4. The van der Waals surface area contributed by atoms with Crippen molar-refractivity contribution in [1.29, 1.82) is 0 Å². The zero-order chi connectivity index (χ0) is 24.3. The number of halogens is 3. The summed E-state index contributed by atoms with van der Waals surface area (Å²) in [5, 5.41) is 8.30. The predicted molar refractivity (Wildman–Crippen MR) is 121 cm³/mol. The second-order valence-corrected chi connectivity index (χ2v) is 8.92. The van der Waals surface area contributed by atoms with E-state index in [4.69, 9.17) is 9.47 Å². The summed E-state index contributed by atoms with van der Waals surface area (Å²) in [6, 6.07) is 11.9. The van der Waals surface area contributed by atoms with E-state index < -0.39 is 17.0 Å². The number of thioether (sulfide) groups is 1. The predicted octanol–water partition coefficient (Wildman–Crippen LogP) is 4.30. The Kier molecular flexibility index (Phi) is 7.13. The van der Waals surface area contributed by atoms with E-state index in [-0.39, 0.29) is 11.6 Å². The minimum atomic E-state index is -4.50. The van der Waals surface area contributed by atoms with Crippen molar-refractivity contribution in [2.24, 2.45) is 0 Å². The Morgan fingerprint density at radius 2 is 1.82 bits per heavy atom. The normalized spacial score (nSPS) is 15.3. The standard InChI is InChI=1S/C23H23F3N4O3S/c1-15(21(31)29-10-12-33-13-11-29)34-22-28-27-20(16-6-8-19(32-2)9-7-16)30(22)18-5-3-4-17(14-18)23(24,25)26/h3-9,14-15H,10-13H2,1-2H3. The SMILES string of the molecule is COc1ccc(-c2nnc(SC(C)C(=O)N3CCOCC3)n2-c2cccc(C(F)(F)F)c2)cc1. The van der Waals surface area contributed by atoms with Crippen LogP contribution in [0.15, 0.2) is 53.7 Å². The number of hydrogen-bond donors (Lipinski definition) is 0. The summed E-state index contributed by atoms with van der Waals surface area (Å²) in [5.74, 6) is 0.904. The molecule has 0 saturated carbocycles. The van der Waals surface area contributed by atoms with Gasteiger partial charge < -0.3 is 14.4 Å². The van der Waals surface area contributed by atoms with Gasteiger partial charge in [-0.1, -0.05) is 17.8 Å². The molecule has 0 aliphatic carbocycles. The third kappa shape index (κ3) is 5.20. The number of hydrogen-bond acceptors (Lipinski definition) is 6. The highest BCUT2D eigenvalue weighted by atomic mass is 32.2. The van der Waals surface area contributed by atoms with Gasteiger partial charge in [-0.3, -0.25) is 9.36 Å². The molecule has 1 unspecified atom stereocenters. The number of methoxy groups -OCH3 is 1. The summed E-state index contributed by atoms with van der Waals surface area (Å²) in [4.78, 5) is 14.6. The van der Waals surface area contributed by atoms with Crippen molar-refractivity contribution in [2.45, 2.75) is 23.5 Å². The molecule has 2 heterocycles. The zero-order valence-corrected chi connectivity index (χ0v) is 19.4. The van der Waals surface area contributed by atoms with E-state index in [1.165, 1.54) is 6.07 Å². The van der Waals surface area contributed by atoms with Crippen LogP contribution in [0.3, 0.4) is 0 Å². The first kappa shape index (κ1) is 24.1. The molecular weight excluding hydrogens is 469 g/mol. The Labute approximate surface area is 198 Å². The average molecular weight is 493 g/mol. The lowest BCUT2D eigenvalue weighted by atomic mass is 10.1. The van der Waals surface area contributed by atoms with Crippen molar-refractivity contribution < 1.29 is 27.4 Å². The molecule has 0 N–H and O–H groups in total. The van der Waals surface area contributed by atoms with Crippen LogP contribution in [-0.4, -0.2) is 64.2 Å². The van der Waals surface area contributed by atoms with E-state index in [9.17, 15) is 18.0 Å². The number of benzene rings is 2. The summed E-state index contributed by atoms with van der Waals surface area (Å²) >= 11 is 1.15. The lowest BCUT2D eigenvalue weighted by molar-refractivity contribution is -0.137. The summed E-state index contributed by atoms with van der Waals surface area (Å²) in [5.41, 5.74) is 0.108. The van der Waals surface area contributed by atoms with Gasteiger partial charge in [0.25, 0.3) is 0 Å². The van der Waals surface area contributed by atoms with Crippen LogP contribution in [0, 0.1) is 0 Å². The number of rotatable bonds is 6. The molecule has 3 aromatic rings. The van der Waals surface area contributed by atoms with E-state index in [0.717, 1.165) is 23.9 Å². The largest absolute Gasteiger partial charge is 0.497 e. The van der Waals surface area contributed by atoms with Gasteiger partial charge in [-0.05, 0) is 49.4 Å². The quantitative estimate of drug-likeness (QED) is 0.478. The minimum Gasteiger partial charge on any atom is -0.497 e. The van der Waals surface area contributed by atoms with E-state index >= 15 is 0 Å². The molecule has 4 rings (SSSR count). The Hall–Kier alpha value is -3.05. The van der Waals surface area contributed by atoms with Crippen LogP contribution in [0.1, 0.15) is 12.5 Å². The van der Waals surface area contributed by atoms with E-state index in [1.807, 2.05) is 0 Å². The lowest BCUT2D eigenvalue weighted by Gasteiger charge is -2.28. The van der Waals surface area contributed by atoms with Crippen LogP contribution in [0.25, 0.3) is 17.1 Å². The van der Waals surface area contributed by atoms with E-state index in [2.05, 4.69) is 10.2 Å². The molecule has 1 saturated heterocycles. The summed E-state index contributed by atoms with van der Waals surface area (Å²) in [6.07, 6.45) is -4.50. The van der Waals surface area contributed by atoms with Crippen molar-refractivity contribution in [3.63, 3.8) is 0 Å². The van der Waals surface area contributed by atoms with Crippen LogP contribution in [-0.2, 0) is 15.7 Å². The molecule has 1 aliphatic heterocycles. The maximum Gasteiger partial charge on any atom is 0.416 e. The molecule has 7 nitrogen and oxygen atoms in total. The van der Waals surface area contributed by atoms with Gasteiger partial charge in [0.05, 0.1) is 36.8 Å². The van der Waals surface area contributed by atoms with E-state index in [1.54, 1.807) is 53.8 Å². The van der Waals surface area contributed by atoms with Gasteiger partial charge in [0.15, 0.2) is 11.0 Å². The number of amides is 1. The first-order valence-electron chi connectivity index (χ1n) is 10.6. The average Bonchev–Trinajstić information content (AvgIpc) is 3.27. The van der Waals surface area contributed by atoms with Crippen LogP contribution >= 0.6 is 11.8 Å². The Morgan fingerprint density at radius 1 is 1.12 bits per heavy atom. The molecule has 180 valence electrons. The molecule has 1 amide bonds. The van der Waals surface area contributed by atoms with E-state index in [0.29, 0.717) is 48.6 Å². The van der Waals surface area contributed by atoms with Crippen LogP contribution < -0.4 is 4.74 Å². The van der Waals surface area contributed by atoms with Gasteiger partial charge in [0, 0.05) is 18.7 Å². The van der Waals surface area contributed by atoms with Crippen LogP contribution in [0.2, 0.25) is 0 Å². The molecule has 1 aromatic heterocycles. The molecular formula is C23H23F3N4O3S. The first-order chi connectivity index (χ1) is 16.3. The number of alkyl halides is 3. The topological polar surface area (TPSA) is 69.5 Å². The number of aromatic nitrogens is 3. The first-order valence-corrected chi connectivity index (χ1v) is 11.5. The number of carbonyl (C=O) groups is 1. The summed E-state index contributed by atoms with van der Waals surface area (Å²) in [7, 11) is 1.54. The molecule has 11 heteroatoms. The van der Waals surface area contributed by atoms with Gasteiger partial charge in [-0.15, -0.1) is 10.2 Å². The molecule has 34 heavy (non-hydrogen) atoms. The highest BCUT2D eigenvalue weighted by Crippen LogP contribution is 2.35. The molecule has 1 aliphatic rings. The van der Waals surface area contributed by atoms with Crippen molar-refractivity contribution in [3.8, 4) is 22.8 Å². The smallest absolute Gasteiger partial charge is 0.416 e. The Morgan fingerprint density at radius 3 is 2.47 bits per heavy atom. The highest BCUT2D eigenvalue weighted by Gasteiger charge is 2.31. The molecule has 1 fully saturated rings. The Balaban J connectivity index is 1.73. The second-order valence-electron chi connectivity index (χ2n) is 7.62. The van der Waals surface area contributed by atoms with Crippen LogP contribution in [0.4, 0.5) is 13.2 Å². The molecule has 0 bridgehead atoms. The van der Waals surface area contributed by atoms with Crippen molar-refractivity contribution in [2.75, 3.05) is 33.4 Å². The molecule has 1 atom stereocenters. The van der Waals surface area contributed by atoms with Gasteiger partial charge >= 0.3 is 6.18 Å². The molecule has 0 spiro atoms. The zero-order valence-electron chi connectivity index (χ0n) is 18.6. The third-order valence-corrected chi connectivity index (χ3v) is 6.40. The van der Waals surface area contributed by atoms with Gasteiger partial charge in [-0.25, -0.2) is 0 Å². The molecule has 0 radical (unpaired) electrons. The van der Waals surface area contributed by atoms with Crippen molar-refractivity contribution in [3.05, 3.63) is 54.1 Å². The van der Waals surface area contributed by atoms with Crippen molar-refractivity contribution >= 4 is 17.7 Å².